The van der Waals surface area contributed by atoms with Crippen LogP contribution in [0.25, 0.3) is 10.9 Å². The normalized spacial score (nSPS) is 12.8. The molecular formula is C20H27N3O2S. The van der Waals surface area contributed by atoms with Gasteiger partial charge in [-0.2, -0.15) is 5.26 Å². The van der Waals surface area contributed by atoms with Crippen LogP contribution in [0.4, 0.5) is 0 Å². The third-order valence-electron chi connectivity index (χ3n) is 3.86. The summed E-state index contributed by atoms with van der Waals surface area (Å²) < 4.78 is 7.72. The van der Waals surface area contributed by atoms with E-state index >= 15 is 0 Å². The fraction of sp³-hybridized carbons (Fsp3) is 0.400. The Kier molecular flexibility index (Phi) is 6.52. The van der Waals surface area contributed by atoms with E-state index in [0.29, 0.717) is 19.0 Å². The molecule has 1 heterocycles. The number of benzene rings is 1. The van der Waals surface area contributed by atoms with E-state index in [1.807, 2.05) is 41.0 Å². The van der Waals surface area contributed by atoms with Crippen molar-refractivity contribution in [2.24, 2.45) is 0 Å². The number of fused-ring (bicyclic) bond motifs is 1. The zero-order valence-electron chi connectivity index (χ0n) is 16.2. The van der Waals surface area contributed by atoms with Crippen molar-refractivity contribution >= 4 is 26.7 Å². The fourth-order valence-electron chi connectivity index (χ4n) is 2.54. The quantitative estimate of drug-likeness (QED) is 0.308. The van der Waals surface area contributed by atoms with Crippen LogP contribution in [0.2, 0.25) is 0 Å². The molecule has 0 spiro atoms. The standard InChI is InChI=1S/C20H27N3O2S/c1-22(2)14-17(13-21)20(24)19-12-16-8-6-7-9-18(16)23(19)15-25-10-11-26(3,4)5/h6-9,12,14H,10-11,15H2,1-5H3/b17-14+. The summed E-state index contributed by atoms with van der Waals surface area (Å²) >= 11 is 0. The average molecular weight is 374 g/mol. The van der Waals surface area contributed by atoms with E-state index in [1.54, 1.807) is 25.2 Å². The van der Waals surface area contributed by atoms with Crippen LogP contribution in [-0.4, -0.2) is 60.5 Å². The highest BCUT2D eigenvalue weighted by Crippen LogP contribution is 2.33. The van der Waals surface area contributed by atoms with Gasteiger partial charge < -0.3 is 14.2 Å². The summed E-state index contributed by atoms with van der Waals surface area (Å²) in [5, 5.41) is 10.3. The molecule has 0 amide bonds. The van der Waals surface area contributed by atoms with Gasteiger partial charge in [-0.25, -0.2) is 10.0 Å². The number of aromatic nitrogens is 1. The highest BCUT2D eigenvalue weighted by molar-refractivity contribution is 8.32. The number of carbonyl (C=O) groups is 1. The molecule has 140 valence electrons. The minimum atomic E-state index is -0.624. The molecule has 1 aromatic heterocycles. The van der Waals surface area contributed by atoms with Gasteiger partial charge in [0, 0.05) is 31.4 Å². The van der Waals surface area contributed by atoms with Gasteiger partial charge in [0.1, 0.15) is 18.4 Å². The third-order valence-corrected chi connectivity index (χ3v) is 5.25. The number of nitrogens with zero attached hydrogens (tertiary/aromatic N) is 3. The molecule has 0 aliphatic rings. The van der Waals surface area contributed by atoms with Crippen LogP contribution in [0, 0.1) is 11.3 Å². The predicted molar refractivity (Wildman–Crippen MR) is 110 cm³/mol. The first-order valence-corrected chi connectivity index (χ1v) is 11.4. The van der Waals surface area contributed by atoms with Crippen LogP contribution < -0.4 is 0 Å². The van der Waals surface area contributed by atoms with Crippen LogP contribution in [0.15, 0.2) is 42.1 Å². The molecule has 0 atom stereocenters. The van der Waals surface area contributed by atoms with Crippen molar-refractivity contribution in [2.75, 3.05) is 45.2 Å². The molecule has 2 rings (SSSR count). The van der Waals surface area contributed by atoms with Crippen molar-refractivity contribution < 1.29 is 9.53 Å². The fourth-order valence-corrected chi connectivity index (χ4v) is 3.15. The predicted octanol–water partition coefficient (Wildman–Crippen LogP) is 3.46. The number of ether oxygens (including phenoxy) is 1. The zero-order valence-corrected chi connectivity index (χ0v) is 17.0. The summed E-state index contributed by atoms with van der Waals surface area (Å²) in [5.74, 6) is 0.724. The monoisotopic (exact) mass is 373 g/mol. The lowest BCUT2D eigenvalue weighted by Gasteiger charge is -2.24. The maximum atomic E-state index is 12.9. The number of para-hydroxylation sites is 1. The molecule has 2 aromatic rings. The van der Waals surface area contributed by atoms with Gasteiger partial charge in [0.05, 0.1) is 17.8 Å². The molecule has 0 saturated carbocycles. The summed E-state index contributed by atoms with van der Waals surface area (Å²) in [7, 11) is 2.96. The van der Waals surface area contributed by atoms with Gasteiger partial charge in [0.2, 0.25) is 5.78 Å². The molecule has 6 heteroatoms. The van der Waals surface area contributed by atoms with Crippen molar-refractivity contribution in [3.63, 3.8) is 0 Å². The Balaban J connectivity index is 2.34. The second-order valence-electron chi connectivity index (χ2n) is 7.30. The number of Topliss-reactive ketones (excluding diaryl/α,β-unsaturated/α-hetero) is 1. The van der Waals surface area contributed by atoms with Gasteiger partial charge in [-0.1, -0.05) is 18.2 Å². The lowest BCUT2D eigenvalue weighted by atomic mass is 10.1. The second kappa shape index (κ2) is 8.43. The Bertz CT molecular complexity index is 854. The Morgan fingerprint density at radius 3 is 2.62 bits per heavy atom. The summed E-state index contributed by atoms with van der Waals surface area (Å²) in [5.41, 5.74) is 1.52. The lowest BCUT2D eigenvalue weighted by molar-refractivity contribution is 0.0860. The summed E-state index contributed by atoms with van der Waals surface area (Å²) in [4.78, 5) is 14.6. The molecular weight excluding hydrogens is 346 g/mol. The van der Waals surface area contributed by atoms with Crippen LogP contribution in [0.5, 0.6) is 0 Å². The Hall–Kier alpha value is -2.23. The van der Waals surface area contributed by atoms with Crippen molar-refractivity contribution in [3.8, 4) is 6.07 Å². The molecule has 0 aliphatic carbocycles. The largest absolute Gasteiger partial charge is 0.382 e. The van der Waals surface area contributed by atoms with Crippen molar-refractivity contribution in [2.45, 2.75) is 6.73 Å². The maximum absolute atomic E-state index is 12.9. The lowest BCUT2D eigenvalue weighted by Crippen LogP contribution is -2.16. The van der Waals surface area contributed by atoms with Crippen LogP contribution in [0.3, 0.4) is 0 Å². The topological polar surface area (TPSA) is 58.3 Å². The van der Waals surface area contributed by atoms with Crippen LogP contribution >= 0.6 is 10.0 Å². The summed E-state index contributed by atoms with van der Waals surface area (Å²) in [6, 6.07) is 11.6. The molecule has 26 heavy (non-hydrogen) atoms. The first-order chi connectivity index (χ1) is 12.2. The average Bonchev–Trinajstić information content (AvgIpc) is 2.93. The molecule has 0 unspecified atom stereocenters. The van der Waals surface area contributed by atoms with Gasteiger partial charge in [-0.05, 0) is 30.9 Å². The van der Waals surface area contributed by atoms with Crippen molar-refractivity contribution in [1.29, 1.82) is 5.26 Å². The van der Waals surface area contributed by atoms with Gasteiger partial charge >= 0.3 is 0 Å². The van der Waals surface area contributed by atoms with Gasteiger partial charge in [-0.3, -0.25) is 4.79 Å². The smallest absolute Gasteiger partial charge is 0.221 e. The Labute approximate surface area is 157 Å². The maximum Gasteiger partial charge on any atom is 0.221 e. The van der Waals surface area contributed by atoms with E-state index in [4.69, 9.17) is 4.74 Å². The summed E-state index contributed by atoms with van der Waals surface area (Å²) in [6.45, 7) is 0.947. The molecule has 0 fully saturated rings. The number of carbonyl (C=O) groups excluding carboxylic acids is 1. The molecule has 0 bridgehead atoms. The first-order valence-electron chi connectivity index (χ1n) is 8.38. The van der Waals surface area contributed by atoms with E-state index in [-0.39, 0.29) is 11.4 Å². The Morgan fingerprint density at radius 1 is 1.31 bits per heavy atom. The molecule has 0 aliphatic heterocycles. The van der Waals surface area contributed by atoms with Crippen LogP contribution in [-0.2, 0) is 11.5 Å². The molecule has 0 N–H and O–H groups in total. The van der Waals surface area contributed by atoms with Gasteiger partial charge in [0.25, 0.3) is 0 Å². The highest BCUT2D eigenvalue weighted by atomic mass is 32.3. The number of hydrogen-bond acceptors (Lipinski definition) is 4. The molecule has 0 radical (unpaired) electrons. The van der Waals surface area contributed by atoms with Crippen molar-refractivity contribution in [3.05, 3.63) is 47.8 Å². The van der Waals surface area contributed by atoms with E-state index in [0.717, 1.165) is 16.7 Å². The van der Waals surface area contributed by atoms with Crippen molar-refractivity contribution in [1.82, 2.24) is 9.47 Å². The highest BCUT2D eigenvalue weighted by Gasteiger charge is 2.19. The van der Waals surface area contributed by atoms with Gasteiger partial charge in [-0.15, -0.1) is 0 Å². The number of rotatable bonds is 8. The summed E-state index contributed by atoms with van der Waals surface area (Å²) in [6.07, 6.45) is 8.30. The Morgan fingerprint density at radius 2 is 2.00 bits per heavy atom. The number of nitriles is 1. The van der Waals surface area contributed by atoms with E-state index in [2.05, 4.69) is 18.8 Å². The number of allylic oxidation sites excluding steroid dienone is 1. The van der Waals surface area contributed by atoms with Gasteiger partial charge in [0.15, 0.2) is 0 Å². The van der Waals surface area contributed by atoms with E-state index in [1.165, 1.54) is 0 Å². The molecule has 5 nitrogen and oxygen atoms in total. The third kappa shape index (κ3) is 5.13. The minimum absolute atomic E-state index is 0.109. The second-order valence-corrected chi connectivity index (χ2v) is 11.9. The number of ketones is 1. The van der Waals surface area contributed by atoms with Crippen LogP contribution in [0.1, 0.15) is 10.5 Å². The SMILES string of the molecule is CN(C)/C=C(\C#N)C(=O)c1cc2ccccc2n1COCCS(C)(C)C. The molecule has 0 saturated heterocycles. The van der Waals surface area contributed by atoms with E-state index in [9.17, 15) is 10.1 Å². The van der Waals surface area contributed by atoms with E-state index < -0.39 is 10.0 Å². The molecule has 1 aromatic carbocycles. The first kappa shape index (κ1) is 20.1. The minimum Gasteiger partial charge on any atom is -0.382 e. The zero-order chi connectivity index (χ0) is 19.3. The number of hydrogen-bond donors (Lipinski definition) is 0.